The quantitative estimate of drug-likeness (QED) is 0.299. The topological polar surface area (TPSA) is 75.3 Å². The third kappa shape index (κ3) is 5.82. The van der Waals surface area contributed by atoms with E-state index >= 15 is 0 Å². The van der Waals surface area contributed by atoms with Crippen LogP contribution in [-0.4, -0.2) is 17.1 Å². The molecule has 1 unspecified atom stereocenters. The predicted molar refractivity (Wildman–Crippen MR) is 42.5 cm³/mol. The molecular weight excluding hydrogens is 144 g/mol. The second-order valence-corrected chi connectivity index (χ2v) is 2.55. The molecule has 1 amide bonds. The maximum Gasteiger partial charge on any atom is 0.233 e. The van der Waals surface area contributed by atoms with Crippen LogP contribution in [0.15, 0.2) is 0 Å². The van der Waals surface area contributed by atoms with Crippen LogP contribution in [0.2, 0.25) is 0 Å². The van der Waals surface area contributed by atoms with E-state index in [1.165, 1.54) is 0 Å². The molecule has 0 aromatic rings. The van der Waals surface area contributed by atoms with Crippen molar-refractivity contribution in [2.75, 3.05) is 0 Å². The Hall–Kier alpha value is -0.610. The first-order valence-corrected chi connectivity index (χ1v) is 3.88. The van der Waals surface area contributed by atoms with Crippen molar-refractivity contribution >= 4 is 5.91 Å². The Morgan fingerprint density at radius 3 is 2.73 bits per heavy atom. The van der Waals surface area contributed by atoms with E-state index in [0.717, 1.165) is 12.8 Å². The highest BCUT2D eigenvalue weighted by Gasteiger charge is 2.05. The van der Waals surface area contributed by atoms with E-state index in [9.17, 15) is 9.90 Å². The first kappa shape index (κ1) is 10.4. The molecule has 4 nitrogen and oxygen atoms in total. The highest BCUT2D eigenvalue weighted by molar-refractivity contribution is 5.75. The number of rotatable bonds is 5. The normalized spacial score (nSPS) is 12.6. The number of hydrogen-bond acceptors (Lipinski definition) is 3. The maximum atomic E-state index is 10.6. The van der Waals surface area contributed by atoms with Crippen LogP contribution in [0.4, 0.5) is 0 Å². The monoisotopic (exact) mass is 160 g/mol. The van der Waals surface area contributed by atoms with E-state index in [1.807, 2.05) is 12.3 Å². The van der Waals surface area contributed by atoms with Gasteiger partial charge in [0.05, 0.1) is 6.10 Å². The molecule has 4 N–H and O–H groups in total. The van der Waals surface area contributed by atoms with Gasteiger partial charge in [0.1, 0.15) is 0 Å². The number of amides is 1. The molecule has 66 valence electrons. The van der Waals surface area contributed by atoms with Crippen LogP contribution in [0.25, 0.3) is 0 Å². The van der Waals surface area contributed by atoms with Gasteiger partial charge in [-0.25, -0.2) is 5.84 Å². The Labute approximate surface area is 66.7 Å². The summed E-state index contributed by atoms with van der Waals surface area (Å²) in [6.07, 6.45) is 2.12. The van der Waals surface area contributed by atoms with Gasteiger partial charge in [-0.2, -0.15) is 0 Å². The fraction of sp³-hybridized carbons (Fsp3) is 0.857. The molecule has 0 aliphatic rings. The molecule has 4 heteroatoms. The maximum absolute atomic E-state index is 10.6. The number of nitrogens with two attached hydrogens (primary N) is 1. The Morgan fingerprint density at radius 2 is 2.27 bits per heavy atom. The van der Waals surface area contributed by atoms with Gasteiger partial charge in [-0.3, -0.25) is 10.2 Å². The van der Waals surface area contributed by atoms with Crippen molar-refractivity contribution in [1.82, 2.24) is 5.43 Å². The molecule has 0 rings (SSSR count). The van der Waals surface area contributed by atoms with E-state index in [-0.39, 0.29) is 12.0 Å². The lowest BCUT2D eigenvalue weighted by Gasteiger charge is -2.06. The van der Waals surface area contributed by atoms with Gasteiger partial charge < -0.3 is 5.11 Å². The summed E-state index contributed by atoms with van der Waals surface area (Å²) < 4.78 is 0. The van der Waals surface area contributed by atoms with Gasteiger partial charge in [-0.15, -0.1) is 0 Å². The molecule has 0 aliphatic carbocycles. The van der Waals surface area contributed by atoms with Gasteiger partial charge in [-0.1, -0.05) is 13.3 Å². The molecule has 0 heterocycles. The second-order valence-electron chi connectivity index (χ2n) is 2.55. The average Bonchev–Trinajstić information content (AvgIpc) is 2.01. The highest BCUT2D eigenvalue weighted by Crippen LogP contribution is 2.03. The molecule has 1 atom stereocenters. The summed E-state index contributed by atoms with van der Waals surface area (Å²) in [4.78, 5) is 10.6. The summed E-state index contributed by atoms with van der Waals surface area (Å²) in [6.45, 7) is 1.99. The van der Waals surface area contributed by atoms with Crippen LogP contribution in [0.5, 0.6) is 0 Å². The third-order valence-electron chi connectivity index (χ3n) is 1.49. The molecule has 0 radical (unpaired) electrons. The summed E-state index contributed by atoms with van der Waals surface area (Å²) in [5, 5.41) is 9.17. The van der Waals surface area contributed by atoms with Gasteiger partial charge in [0.15, 0.2) is 0 Å². The van der Waals surface area contributed by atoms with Gasteiger partial charge >= 0.3 is 0 Å². The van der Waals surface area contributed by atoms with Gasteiger partial charge in [0.25, 0.3) is 0 Å². The number of aliphatic hydroxyl groups is 1. The fourth-order valence-electron chi connectivity index (χ4n) is 0.847. The van der Waals surface area contributed by atoms with Crippen molar-refractivity contribution in [3.63, 3.8) is 0 Å². The Kier molecular flexibility index (Phi) is 5.78. The zero-order valence-electron chi connectivity index (χ0n) is 6.84. The number of carbonyl (C=O) groups is 1. The molecule has 0 bridgehead atoms. The third-order valence-corrected chi connectivity index (χ3v) is 1.49. The van der Waals surface area contributed by atoms with Crippen LogP contribution >= 0.6 is 0 Å². The highest BCUT2D eigenvalue weighted by atomic mass is 16.3. The average molecular weight is 160 g/mol. The van der Waals surface area contributed by atoms with Gasteiger partial charge in [-0.05, 0) is 12.8 Å². The lowest BCUT2D eigenvalue weighted by Crippen LogP contribution is -2.30. The molecule has 11 heavy (non-hydrogen) atoms. The molecule has 0 saturated carbocycles. The van der Waals surface area contributed by atoms with Crippen LogP contribution in [0.1, 0.15) is 32.6 Å². The van der Waals surface area contributed by atoms with Crippen LogP contribution in [0, 0.1) is 0 Å². The molecule has 0 aromatic carbocycles. The zero-order chi connectivity index (χ0) is 8.69. The van der Waals surface area contributed by atoms with Crippen LogP contribution < -0.4 is 11.3 Å². The van der Waals surface area contributed by atoms with Crippen molar-refractivity contribution in [1.29, 1.82) is 0 Å². The predicted octanol–water partition coefficient (Wildman–Crippen LogP) is -0.0825. The van der Waals surface area contributed by atoms with Crippen LogP contribution in [0.3, 0.4) is 0 Å². The number of carbonyl (C=O) groups excluding carboxylic acids is 1. The largest absolute Gasteiger partial charge is 0.393 e. The SMILES string of the molecule is CCCC(O)CCC(=O)NN. The van der Waals surface area contributed by atoms with E-state index in [1.54, 1.807) is 0 Å². The van der Waals surface area contributed by atoms with Crippen molar-refractivity contribution in [2.45, 2.75) is 38.7 Å². The fourth-order valence-corrected chi connectivity index (χ4v) is 0.847. The smallest absolute Gasteiger partial charge is 0.233 e. The Morgan fingerprint density at radius 1 is 1.64 bits per heavy atom. The number of hydrazine groups is 1. The minimum Gasteiger partial charge on any atom is -0.393 e. The first-order valence-electron chi connectivity index (χ1n) is 3.88. The minimum atomic E-state index is -0.364. The number of nitrogens with one attached hydrogen (secondary N) is 1. The summed E-state index contributed by atoms with van der Waals surface area (Å²) in [5.41, 5.74) is 2.01. The number of hydrogen-bond donors (Lipinski definition) is 3. The van der Waals surface area contributed by atoms with Crippen molar-refractivity contribution in [2.24, 2.45) is 5.84 Å². The van der Waals surface area contributed by atoms with E-state index in [0.29, 0.717) is 12.8 Å². The molecular formula is C7H16N2O2. The summed E-state index contributed by atoms with van der Waals surface area (Å²) >= 11 is 0. The van der Waals surface area contributed by atoms with E-state index in [2.05, 4.69) is 0 Å². The van der Waals surface area contributed by atoms with Crippen molar-refractivity contribution < 1.29 is 9.90 Å². The lowest BCUT2D eigenvalue weighted by molar-refractivity contribution is -0.121. The van der Waals surface area contributed by atoms with Crippen LogP contribution in [-0.2, 0) is 4.79 Å². The molecule has 0 saturated heterocycles. The molecule has 0 fully saturated rings. The standard InChI is InChI=1S/C7H16N2O2/c1-2-3-6(10)4-5-7(11)9-8/h6,10H,2-5,8H2,1H3,(H,9,11). The van der Waals surface area contributed by atoms with Crippen molar-refractivity contribution in [3.05, 3.63) is 0 Å². The Balaban J connectivity index is 3.29. The van der Waals surface area contributed by atoms with Gasteiger partial charge in [0.2, 0.25) is 5.91 Å². The lowest BCUT2D eigenvalue weighted by atomic mass is 10.1. The zero-order valence-corrected chi connectivity index (χ0v) is 6.84. The molecule has 0 aliphatic heterocycles. The van der Waals surface area contributed by atoms with Gasteiger partial charge in [0, 0.05) is 6.42 Å². The minimum absolute atomic E-state index is 0.222. The Bertz CT molecular complexity index is 117. The van der Waals surface area contributed by atoms with Crippen molar-refractivity contribution in [3.8, 4) is 0 Å². The summed E-state index contributed by atoms with van der Waals surface area (Å²) in [7, 11) is 0. The summed E-state index contributed by atoms with van der Waals surface area (Å²) in [5.74, 6) is 4.63. The molecule has 0 spiro atoms. The summed E-state index contributed by atoms with van der Waals surface area (Å²) in [6, 6.07) is 0. The first-order chi connectivity index (χ1) is 5.20. The molecule has 0 aromatic heterocycles. The second kappa shape index (κ2) is 6.12. The van der Waals surface area contributed by atoms with E-state index < -0.39 is 0 Å². The number of aliphatic hydroxyl groups excluding tert-OH is 1. The van der Waals surface area contributed by atoms with E-state index in [4.69, 9.17) is 5.84 Å².